The molecule has 0 aliphatic heterocycles. The third-order valence-electron chi connectivity index (χ3n) is 2.26. The Morgan fingerprint density at radius 1 is 1.22 bits per heavy atom. The first-order valence-electron chi connectivity index (χ1n) is 7.59. The summed E-state index contributed by atoms with van der Waals surface area (Å²) in [6.45, 7) is 9.11. The van der Waals surface area contributed by atoms with Crippen LogP contribution in [0.4, 0.5) is 0 Å². The number of carbonyl (C=O) groups excluding carboxylic acids is 1. The second-order valence-corrected chi connectivity index (χ2v) is 4.17. The first kappa shape index (κ1) is 22.9. The molecule has 0 bridgehead atoms. The first-order chi connectivity index (χ1) is 11.0. The second kappa shape index (κ2) is 16.0. The normalized spacial score (nSPS) is 10.2. The topological polar surface area (TPSA) is 77.8 Å². The average molecular weight is 320 g/mol. The number of hydrogen-bond donors (Lipinski definition) is 3. The molecule has 0 aliphatic carbocycles. The fourth-order valence-electron chi connectivity index (χ4n) is 1.28. The van der Waals surface area contributed by atoms with Crippen LogP contribution in [0.3, 0.4) is 0 Å². The van der Waals surface area contributed by atoms with Crippen molar-refractivity contribution in [1.82, 2.24) is 0 Å². The van der Waals surface area contributed by atoms with Gasteiger partial charge in [0, 0.05) is 12.8 Å². The third kappa shape index (κ3) is 14.4. The van der Waals surface area contributed by atoms with Gasteiger partial charge in [0.05, 0.1) is 12.4 Å². The predicted octanol–water partition coefficient (Wildman–Crippen LogP) is 4.41. The highest BCUT2D eigenvalue weighted by atomic mass is 16.3. The summed E-state index contributed by atoms with van der Waals surface area (Å²) in [7, 11) is 0. The van der Waals surface area contributed by atoms with E-state index in [1.807, 2.05) is 20.8 Å². The number of aliphatic hydroxyl groups is 2. The van der Waals surface area contributed by atoms with Gasteiger partial charge in [0.1, 0.15) is 5.75 Å². The summed E-state index contributed by atoms with van der Waals surface area (Å²) < 4.78 is 0. The van der Waals surface area contributed by atoms with Gasteiger partial charge in [-0.2, -0.15) is 0 Å². The van der Waals surface area contributed by atoms with Crippen LogP contribution in [-0.2, 0) is 4.79 Å². The van der Waals surface area contributed by atoms with Gasteiger partial charge in [-0.3, -0.25) is 4.79 Å². The van der Waals surface area contributed by atoms with Gasteiger partial charge in [-0.1, -0.05) is 38.1 Å². The van der Waals surface area contributed by atoms with Crippen molar-refractivity contribution in [2.45, 2.75) is 33.6 Å². The van der Waals surface area contributed by atoms with Gasteiger partial charge in [-0.15, -0.1) is 6.58 Å². The van der Waals surface area contributed by atoms with Crippen LogP contribution >= 0.6 is 0 Å². The molecule has 0 saturated heterocycles. The van der Waals surface area contributed by atoms with Crippen LogP contribution in [0, 0.1) is 0 Å². The molecule has 0 unspecified atom stereocenters. The van der Waals surface area contributed by atoms with E-state index in [-0.39, 0.29) is 36.7 Å². The van der Waals surface area contributed by atoms with E-state index in [1.54, 1.807) is 24.3 Å². The fraction of sp³-hybridized carbons (Fsp3) is 0.316. The lowest BCUT2D eigenvalue weighted by molar-refractivity contribution is -0.113. The minimum absolute atomic E-state index is 0.0175. The van der Waals surface area contributed by atoms with Crippen LogP contribution < -0.4 is 0 Å². The van der Waals surface area contributed by atoms with Crippen molar-refractivity contribution in [3.63, 3.8) is 0 Å². The standard InChI is InChI=1S/C14H16O4.C3H6.C2H6/c15-10-9-14(18)8-7-13(17)6-3-11-1-4-12(16)5-2-11;1-3-2;1-2/h1-6,8,15-16,18H,7,9-10H2;3H,1H2,2H3;1-2H3/b6-3+,14-8+;;. The molecule has 3 N–H and O–H groups in total. The SMILES string of the molecule is C=CC.CC.O=C(/C=C/c1ccc(O)cc1)C/C=C(/O)CCO. The van der Waals surface area contributed by atoms with Crippen LogP contribution in [0.2, 0.25) is 0 Å². The summed E-state index contributed by atoms with van der Waals surface area (Å²) in [5.41, 5.74) is 0.810. The third-order valence-corrected chi connectivity index (χ3v) is 2.26. The number of phenolic OH excluding ortho intramolecular Hbond substituents is 1. The number of carbonyl (C=O) groups is 1. The predicted molar refractivity (Wildman–Crippen MR) is 96.4 cm³/mol. The van der Waals surface area contributed by atoms with E-state index in [2.05, 4.69) is 6.58 Å². The van der Waals surface area contributed by atoms with Gasteiger partial charge in [0.25, 0.3) is 0 Å². The number of aromatic hydroxyl groups is 1. The number of benzene rings is 1. The molecule has 0 heterocycles. The monoisotopic (exact) mass is 320 g/mol. The Hall–Kier alpha value is -2.33. The number of aliphatic hydroxyl groups excluding tert-OH is 2. The summed E-state index contributed by atoms with van der Waals surface area (Å²) in [6, 6.07) is 6.46. The fourth-order valence-corrected chi connectivity index (χ4v) is 1.28. The molecule has 0 aromatic heterocycles. The molecule has 4 nitrogen and oxygen atoms in total. The summed E-state index contributed by atoms with van der Waals surface area (Å²) >= 11 is 0. The van der Waals surface area contributed by atoms with Crippen LogP contribution in [0.15, 0.2) is 54.8 Å². The molecule has 0 fully saturated rings. The lowest BCUT2D eigenvalue weighted by atomic mass is 10.1. The number of ketones is 1. The average Bonchev–Trinajstić information content (AvgIpc) is 2.55. The van der Waals surface area contributed by atoms with E-state index < -0.39 is 0 Å². The number of phenols is 1. The van der Waals surface area contributed by atoms with Gasteiger partial charge in [0.15, 0.2) is 5.78 Å². The lowest BCUT2D eigenvalue weighted by Crippen LogP contribution is -1.92. The maximum absolute atomic E-state index is 11.4. The molecule has 1 aromatic carbocycles. The van der Waals surface area contributed by atoms with Gasteiger partial charge in [-0.25, -0.2) is 0 Å². The van der Waals surface area contributed by atoms with Crippen molar-refractivity contribution in [2.75, 3.05) is 6.61 Å². The van der Waals surface area contributed by atoms with Crippen LogP contribution in [0.1, 0.15) is 39.2 Å². The molecule has 0 aliphatic rings. The quantitative estimate of drug-likeness (QED) is 0.412. The maximum Gasteiger partial charge on any atom is 0.159 e. The molecule has 1 rings (SSSR count). The Bertz CT molecular complexity index is 485. The summed E-state index contributed by atoms with van der Waals surface area (Å²) in [5, 5.41) is 26.8. The van der Waals surface area contributed by atoms with Gasteiger partial charge in [0.2, 0.25) is 0 Å². The minimum Gasteiger partial charge on any atom is -0.513 e. The van der Waals surface area contributed by atoms with Crippen molar-refractivity contribution in [3.05, 3.63) is 60.4 Å². The van der Waals surface area contributed by atoms with Crippen molar-refractivity contribution in [3.8, 4) is 5.75 Å². The Labute approximate surface area is 139 Å². The van der Waals surface area contributed by atoms with Gasteiger partial charge in [-0.05, 0) is 36.8 Å². The van der Waals surface area contributed by atoms with Gasteiger partial charge < -0.3 is 15.3 Å². The molecule has 0 saturated carbocycles. The molecule has 0 spiro atoms. The highest BCUT2D eigenvalue weighted by Gasteiger charge is 1.97. The highest BCUT2D eigenvalue weighted by molar-refractivity contribution is 5.94. The number of allylic oxidation sites excluding steroid dienone is 3. The van der Waals surface area contributed by atoms with E-state index in [4.69, 9.17) is 10.2 Å². The van der Waals surface area contributed by atoms with E-state index in [1.165, 1.54) is 24.3 Å². The Balaban J connectivity index is 0. The molecule has 23 heavy (non-hydrogen) atoms. The molecular weight excluding hydrogens is 292 g/mol. The second-order valence-electron chi connectivity index (χ2n) is 4.17. The highest BCUT2D eigenvalue weighted by Crippen LogP contribution is 2.11. The Kier molecular flexibility index (Phi) is 16.0. The van der Waals surface area contributed by atoms with E-state index in [0.29, 0.717) is 0 Å². The molecule has 0 atom stereocenters. The van der Waals surface area contributed by atoms with E-state index >= 15 is 0 Å². The molecular formula is C19H28O4. The molecule has 128 valence electrons. The zero-order valence-corrected chi connectivity index (χ0v) is 14.2. The minimum atomic E-state index is -0.146. The first-order valence-corrected chi connectivity index (χ1v) is 7.59. The van der Waals surface area contributed by atoms with Gasteiger partial charge >= 0.3 is 0 Å². The smallest absolute Gasteiger partial charge is 0.159 e. The van der Waals surface area contributed by atoms with Crippen molar-refractivity contribution in [1.29, 1.82) is 0 Å². The maximum atomic E-state index is 11.4. The van der Waals surface area contributed by atoms with Crippen LogP contribution in [0.25, 0.3) is 6.08 Å². The molecule has 0 amide bonds. The zero-order valence-electron chi connectivity index (χ0n) is 14.2. The largest absolute Gasteiger partial charge is 0.513 e. The zero-order chi connectivity index (χ0) is 18.1. The summed E-state index contributed by atoms with van der Waals surface area (Å²) in [5.74, 6) is 0.0479. The van der Waals surface area contributed by atoms with Crippen LogP contribution in [0.5, 0.6) is 5.75 Å². The van der Waals surface area contributed by atoms with E-state index in [0.717, 1.165) is 5.56 Å². The Morgan fingerprint density at radius 2 is 1.74 bits per heavy atom. The molecule has 4 heteroatoms. The lowest BCUT2D eigenvalue weighted by Gasteiger charge is -1.95. The van der Waals surface area contributed by atoms with Crippen molar-refractivity contribution in [2.24, 2.45) is 0 Å². The van der Waals surface area contributed by atoms with Crippen LogP contribution in [-0.4, -0.2) is 27.7 Å². The number of rotatable bonds is 6. The molecule has 1 aromatic rings. The van der Waals surface area contributed by atoms with Crippen molar-refractivity contribution < 1.29 is 20.1 Å². The van der Waals surface area contributed by atoms with Crippen molar-refractivity contribution >= 4 is 11.9 Å². The summed E-state index contributed by atoms with van der Waals surface area (Å²) in [4.78, 5) is 11.4. The molecule has 0 radical (unpaired) electrons. The Morgan fingerprint density at radius 3 is 2.22 bits per heavy atom. The van der Waals surface area contributed by atoms with E-state index in [9.17, 15) is 9.90 Å². The summed E-state index contributed by atoms with van der Waals surface area (Å²) in [6.07, 6.45) is 6.45. The number of hydrogen-bond acceptors (Lipinski definition) is 4.